The van der Waals surface area contributed by atoms with E-state index >= 15 is 0 Å². The third kappa shape index (κ3) is 4.81. The average Bonchev–Trinajstić information content (AvgIpc) is 2.99. The Hall–Kier alpha value is -3.51. The van der Waals surface area contributed by atoms with Crippen LogP contribution in [0.3, 0.4) is 0 Å². The molecule has 0 spiro atoms. The number of carbonyl (C=O) groups excluding carboxylic acids is 2. The number of carbonyl (C=O) groups is 2. The number of halogens is 1. The Labute approximate surface area is 186 Å². The van der Waals surface area contributed by atoms with E-state index in [1.807, 2.05) is 32.0 Å². The summed E-state index contributed by atoms with van der Waals surface area (Å²) >= 11 is 6.50. The van der Waals surface area contributed by atoms with E-state index in [2.05, 4.69) is 0 Å². The van der Waals surface area contributed by atoms with Gasteiger partial charge in [0.2, 0.25) is 0 Å². The van der Waals surface area contributed by atoms with Gasteiger partial charge < -0.3 is 19.1 Å². The number of benzene rings is 2. The zero-order valence-corrected chi connectivity index (χ0v) is 18.4. The van der Waals surface area contributed by atoms with E-state index in [0.29, 0.717) is 22.2 Å². The lowest BCUT2D eigenvalue weighted by Gasteiger charge is -2.23. The summed E-state index contributed by atoms with van der Waals surface area (Å²) in [5.41, 5.74) is 2.66. The van der Waals surface area contributed by atoms with Gasteiger partial charge in [-0.1, -0.05) is 29.8 Å². The molecule has 0 aliphatic carbocycles. The second kappa shape index (κ2) is 9.53. The standard InChI is InChI=1S/C24H22ClNO5/c1-15-8-9-16(2)21(13-15)31-20-11-10-17(14-19(20)25)26-12-6-5-7-18(23(27)29-3)22(26)24(28)30-4/h5-14H,1-4H3. The van der Waals surface area contributed by atoms with Crippen molar-refractivity contribution in [2.45, 2.75) is 13.8 Å². The molecule has 0 radical (unpaired) electrons. The summed E-state index contributed by atoms with van der Waals surface area (Å²) < 4.78 is 15.7. The number of ether oxygens (including phenoxy) is 3. The van der Waals surface area contributed by atoms with Gasteiger partial charge >= 0.3 is 11.9 Å². The van der Waals surface area contributed by atoms with Crippen LogP contribution < -0.4 is 9.64 Å². The Kier molecular flexibility index (Phi) is 6.82. The van der Waals surface area contributed by atoms with Crippen LogP contribution in [0.15, 0.2) is 72.1 Å². The maximum atomic E-state index is 12.5. The first-order valence-electron chi connectivity index (χ1n) is 9.45. The summed E-state index contributed by atoms with van der Waals surface area (Å²) in [6, 6.07) is 11.0. The maximum Gasteiger partial charge on any atom is 0.355 e. The minimum Gasteiger partial charge on any atom is -0.465 e. The summed E-state index contributed by atoms with van der Waals surface area (Å²) in [6.45, 7) is 3.93. The van der Waals surface area contributed by atoms with Crippen molar-refractivity contribution >= 4 is 29.2 Å². The molecule has 0 bridgehead atoms. The minimum absolute atomic E-state index is 0.0126. The van der Waals surface area contributed by atoms with Crippen LogP contribution in [0.25, 0.3) is 0 Å². The van der Waals surface area contributed by atoms with E-state index in [9.17, 15) is 9.59 Å². The van der Waals surface area contributed by atoms with E-state index in [-0.39, 0.29) is 11.3 Å². The van der Waals surface area contributed by atoms with Crippen molar-refractivity contribution in [1.82, 2.24) is 0 Å². The van der Waals surface area contributed by atoms with Crippen LogP contribution in [0.2, 0.25) is 5.02 Å². The molecule has 31 heavy (non-hydrogen) atoms. The smallest absolute Gasteiger partial charge is 0.355 e. The normalized spacial score (nSPS) is 13.1. The molecule has 0 atom stereocenters. The molecule has 2 aromatic rings. The summed E-state index contributed by atoms with van der Waals surface area (Å²) in [4.78, 5) is 26.3. The van der Waals surface area contributed by atoms with Crippen LogP contribution in [-0.2, 0) is 19.1 Å². The zero-order chi connectivity index (χ0) is 22.5. The molecule has 2 aromatic carbocycles. The molecular weight excluding hydrogens is 418 g/mol. The highest BCUT2D eigenvalue weighted by molar-refractivity contribution is 6.32. The first-order chi connectivity index (χ1) is 14.8. The third-order valence-electron chi connectivity index (χ3n) is 4.65. The van der Waals surface area contributed by atoms with Gasteiger partial charge in [-0.3, -0.25) is 0 Å². The highest BCUT2D eigenvalue weighted by atomic mass is 35.5. The van der Waals surface area contributed by atoms with Crippen molar-refractivity contribution in [3.63, 3.8) is 0 Å². The van der Waals surface area contributed by atoms with Crippen LogP contribution in [-0.4, -0.2) is 26.2 Å². The Bertz CT molecular complexity index is 1120. The number of rotatable bonds is 5. The van der Waals surface area contributed by atoms with Gasteiger partial charge in [0.05, 0.1) is 24.8 Å². The van der Waals surface area contributed by atoms with Crippen molar-refractivity contribution in [1.29, 1.82) is 0 Å². The van der Waals surface area contributed by atoms with Gasteiger partial charge in [-0.2, -0.15) is 0 Å². The zero-order valence-electron chi connectivity index (χ0n) is 17.6. The summed E-state index contributed by atoms with van der Waals surface area (Å²) in [5, 5.41) is 0.341. The van der Waals surface area contributed by atoms with E-state index in [1.165, 1.54) is 25.2 Å². The number of nitrogens with zero attached hydrogens (tertiary/aromatic N) is 1. The van der Waals surface area contributed by atoms with Crippen LogP contribution in [0.5, 0.6) is 11.5 Å². The molecule has 0 fully saturated rings. The van der Waals surface area contributed by atoms with Gasteiger partial charge in [0, 0.05) is 11.9 Å². The van der Waals surface area contributed by atoms with Crippen molar-refractivity contribution in [3.05, 3.63) is 88.2 Å². The van der Waals surface area contributed by atoms with Crippen LogP contribution >= 0.6 is 11.6 Å². The van der Waals surface area contributed by atoms with E-state index in [0.717, 1.165) is 11.1 Å². The Morgan fingerprint density at radius 3 is 2.32 bits per heavy atom. The van der Waals surface area contributed by atoms with Gasteiger partial charge in [-0.25, -0.2) is 9.59 Å². The molecule has 0 saturated carbocycles. The molecule has 0 amide bonds. The highest BCUT2D eigenvalue weighted by Gasteiger charge is 2.27. The number of hydrogen-bond acceptors (Lipinski definition) is 6. The first kappa shape index (κ1) is 22.2. The molecule has 1 aliphatic heterocycles. The summed E-state index contributed by atoms with van der Waals surface area (Å²) in [7, 11) is 2.49. The molecule has 0 unspecified atom stereocenters. The fourth-order valence-electron chi connectivity index (χ4n) is 3.02. The molecule has 3 rings (SSSR count). The Balaban J connectivity index is 2.03. The van der Waals surface area contributed by atoms with Gasteiger partial charge in [-0.15, -0.1) is 0 Å². The number of esters is 2. The van der Waals surface area contributed by atoms with E-state index in [1.54, 1.807) is 36.6 Å². The topological polar surface area (TPSA) is 65.1 Å². The highest BCUT2D eigenvalue weighted by Crippen LogP contribution is 2.36. The van der Waals surface area contributed by atoms with Crippen molar-refractivity contribution in [2.75, 3.05) is 19.1 Å². The van der Waals surface area contributed by atoms with Gasteiger partial charge in [0.25, 0.3) is 0 Å². The molecular formula is C24H22ClNO5. The molecule has 0 saturated heterocycles. The SMILES string of the molecule is COC(=O)C1=C(C(=O)OC)N(c2ccc(Oc3cc(C)ccc3C)c(Cl)c2)C=CC=C1. The number of methoxy groups -OCH3 is 2. The molecule has 0 aromatic heterocycles. The monoisotopic (exact) mass is 439 g/mol. The van der Waals surface area contributed by atoms with Crippen LogP contribution in [0, 0.1) is 13.8 Å². The number of aryl methyl sites for hydroxylation is 2. The van der Waals surface area contributed by atoms with Gasteiger partial charge in [0.1, 0.15) is 17.2 Å². The predicted molar refractivity (Wildman–Crippen MR) is 119 cm³/mol. The summed E-state index contributed by atoms with van der Waals surface area (Å²) in [6.07, 6.45) is 6.45. The molecule has 7 heteroatoms. The van der Waals surface area contributed by atoms with Crippen molar-refractivity contribution in [2.24, 2.45) is 0 Å². The maximum absolute atomic E-state index is 12.5. The lowest BCUT2D eigenvalue weighted by atomic mass is 10.1. The summed E-state index contributed by atoms with van der Waals surface area (Å²) in [5.74, 6) is -0.181. The fourth-order valence-corrected chi connectivity index (χ4v) is 3.24. The van der Waals surface area contributed by atoms with E-state index < -0.39 is 11.9 Å². The largest absolute Gasteiger partial charge is 0.465 e. The third-order valence-corrected chi connectivity index (χ3v) is 4.94. The quantitative estimate of drug-likeness (QED) is 0.593. The second-order valence-corrected chi connectivity index (χ2v) is 7.21. The van der Waals surface area contributed by atoms with Gasteiger partial charge in [0.15, 0.2) is 0 Å². The van der Waals surface area contributed by atoms with Crippen LogP contribution in [0.1, 0.15) is 11.1 Å². The molecule has 6 nitrogen and oxygen atoms in total. The molecule has 1 heterocycles. The number of allylic oxidation sites excluding steroid dienone is 2. The number of hydrogen-bond donors (Lipinski definition) is 0. The van der Waals surface area contributed by atoms with Gasteiger partial charge in [-0.05, 0) is 61.4 Å². The fraction of sp³-hybridized carbons (Fsp3) is 0.167. The van der Waals surface area contributed by atoms with Crippen LogP contribution in [0.4, 0.5) is 5.69 Å². The van der Waals surface area contributed by atoms with E-state index in [4.69, 9.17) is 25.8 Å². The number of anilines is 1. The minimum atomic E-state index is -0.691. The lowest BCUT2D eigenvalue weighted by Crippen LogP contribution is -2.26. The van der Waals surface area contributed by atoms with Crippen molar-refractivity contribution < 1.29 is 23.8 Å². The average molecular weight is 440 g/mol. The molecule has 0 N–H and O–H groups in total. The predicted octanol–water partition coefficient (Wildman–Crippen LogP) is 5.24. The van der Waals surface area contributed by atoms with Crippen molar-refractivity contribution in [3.8, 4) is 11.5 Å². The Morgan fingerprint density at radius 1 is 0.903 bits per heavy atom. The second-order valence-electron chi connectivity index (χ2n) is 6.80. The molecule has 1 aliphatic rings. The Morgan fingerprint density at radius 2 is 1.65 bits per heavy atom. The first-order valence-corrected chi connectivity index (χ1v) is 9.83. The lowest BCUT2D eigenvalue weighted by molar-refractivity contribution is -0.139. The molecule has 160 valence electrons.